The van der Waals surface area contributed by atoms with E-state index in [-0.39, 0.29) is 0 Å². The topological polar surface area (TPSA) is 0 Å². The van der Waals surface area contributed by atoms with Gasteiger partial charge in [0.1, 0.15) is 0 Å². The lowest BCUT2D eigenvalue weighted by atomic mass is 10.3. The summed E-state index contributed by atoms with van der Waals surface area (Å²) in [6, 6.07) is 0. The highest BCUT2D eigenvalue weighted by molar-refractivity contribution is 9.09. The molecule has 0 heterocycles. The Morgan fingerprint density at radius 1 is 1.22 bits per heavy atom. The first-order valence-electron chi connectivity index (χ1n) is 3.29. The third-order valence-electron chi connectivity index (χ3n) is 0.895. The monoisotopic (exact) mass is 188 g/mol. The van der Waals surface area contributed by atoms with E-state index in [0.29, 0.717) is 0 Å². The Hall–Kier alpha value is -0.0400. The van der Waals surface area contributed by atoms with Crippen LogP contribution in [0.4, 0.5) is 0 Å². The fourth-order valence-corrected chi connectivity index (χ4v) is 0.717. The molecule has 0 aliphatic carbocycles. The smallest absolute Gasteiger partial charge is 0.00660 e. The number of halogens is 1. The summed E-state index contributed by atoms with van der Waals surface area (Å²) in [5.41, 5.74) is 0. The summed E-state index contributed by atoms with van der Waals surface area (Å²) in [5, 5.41) is 1.06. The lowest BCUT2D eigenvalue weighted by Crippen LogP contribution is -1.62. The number of hydrogen-bond donors (Lipinski definition) is 0. The van der Waals surface area contributed by atoms with Gasteiger partial charge in [-0.15, -0.1) is 0 Å². The predicted molar refractivity (Wildman–Crippen MR) is 47.0 cm³/mol. The molecule has 0 saturated carbocycles. The van der Waals surface area contributed by atoms with E-state index in [1.165, 1.54) is 0 Å². The van der Waals surface area contributed by atoms with E-state index >= 15 is 0 Å². The van der Waals surface area contributed by atoms with Gasteiger partial charge in [-0.1, -0.05) is 47.2 Å². The summed E-state index contributed by atoms with van der Waals surface area (Å²) in [7, 11) is 0. The van der Waals surface area contributed by atoms with Gasteiger partial charge >= 0.3 is 0 Å². The molecule has 0 unspecified atom stereocenters. The SMILES string of the molecule is CC/C=C/C=C/CCBr. The minimum Gasteiger partial charge on any atom is -0.0925 e. The first-order valence-corrected chi connectivity index (χ1v) is 4.41. The van der Waals surface area contributed by atoms with Crippen LogP contribution in [-0.4, -0.2) is 5.33 Å². The van der Waals surface area contributed by atoms with Gasteiger partial charge in [0.05, 0.1) is 0 Å². The van der Waals surface area contributed by atoms with E-state index in [2.05, 4.69) is 47.2 Å². The summed E-state index contributed by atoms with van der Waals surface area (Å²) in [6.45, 7) is 2.13. The summed E-state index contributed by atoms with van der Waals surface area (Å²) in [6.07, 6.45) is 10.7. The fraction of sp³-hybridized carbons (Fsp3) is 0.500. The van der Waals surface area contributed by atoms with Gasteiger partial charge < -0.3 is 0 Å². The van der Waals surface area contributed by atoms with Gasteiger partial charge in [0.25, 0.3) is 0 Å². The molecule has 52 valence electrons. The van der Waals surface area contributed by atoms with E-state index in [1.807, 2.05) is 0 Å². The highest BCUT2D eigenvalue weighted by atomic mass is 79.9. The molecule has 0 spiro atoms. The molecule has 0 fully saturated rings. The van der Waals surface area contributed by atoms with Gasteiger partial charge in [-0.2, -0.15) is 0 Å². The zero-order valence-corrected chi connectivity index (χ0v) is 7.39. The fourth-order valence-electron chi connectivity index (χ4n) is 0.452. The van der Waals surface area contributed by atoms with Crippen LogP contribution < -0.4 is 0 Å². The Morgan fingerprint density at radius 2 is 1.89 bits per heavy atom. The zero-order chi connectivity index (χ0) is 6.95. The molecule has 0 saturated heterocycles. The molecule has 0 N–H and O–H groups in total. The zero-order valence-electron chi connectivity index (χ0n) is 5.81. The van der Waals surface area contributed by atoms with Gasteiger partial charge in [-0.25, -0.2) is 0 Å². The molecule has 0 nitrogen and oxygen atoms in total. The Morgan fingerprint density at radius 3 is 2.44 bits per heavy atom. The Kier molecular flexibility index (Phi) is 7.92. The van der Waals surface area contributed by atoms with E-state index in [0.717, 1.165) is 18.2 Å². The van der Waals surface area contributed by atoms with Crippen LogP contribution in [-0.2, 0) is 0 Å². The molecular weight excluding hydrogens is 176 g/mol. The van der Waals surface area contributed by atoms with Crippen molar-refractivity contribution in [3.63, 3.8) is 0 Å². The third kappa shape index (κ3) is 7.96. The molecule has 0 radical (unpaired) electrons. The Labute approximate surface area is 65.8 Å². The van der Waals surface area contributed by atoms with Gasteiger partial charge in [0, 0.05) is 5.33 Å². The van der Waals surface area contributed by atoms with E-state index in [9.17, 15) is 0 Å². The van der Waals surface area contributed by atoms with Crippen LogP contribution in [0.3, 0.4) is 0 Å². The maximum Gasteiger partial charge on any atom is 0.00660 e. The van der Waals surface area contributed by atoms with Crippen LogP contribution >= 0.6 is 15.9 Å². The van der Waals surface area contributed by atoms with Crippen LogP contribution in [0.5, 0.6) is 0 Å². The number of alkyl halides is 1. The number of allylic oxidation sites excluding steroid dienone is 4. The average Bonchev–Trinajstić information content (AvgIpc) is 1.89. The lowest BCUT2D eigenvalue weighted by Gasteiger charge is -1.78. The Bertz CT molecular complexity index is 92.7. The van der Waals surface area contributed by atoms with E-state index in [4.69, 9.17) is 0 Å². The van der Waals surface area contributed by atoms with Crippen molar-refractivity contribution in [2.24, 2.45) is 0 Å². The van der Waals surface area contributed by atoms with Crippen molar-refractivity contribution >= 4 is 15.9 Å². The first kappa shape index (κ1) is 8.96. The minimum atomic E-state index is 1.06. The first-order chi connectivity index (χ1) is 4.41. The third-order valence-corrected chi connectivity index (χ3v) is 1.35. The summed E-state index contributed by atoms with van der Waals surface area (Å²) >= 11 is 3.34. The van der Waals surface area contributed by atoms with Crippen molar-refractivity contribution in [1.29, 1.82) is 0 Å². The van der Waals surface area contributed by atoms with Crippen LogP contribution in [0.1, 0.15) is 19.8 Å². The van der Waals surface area contributed by atoms with Crippen molar-refractivity contribution in [1.82, 2.24) is 0 Å². The van der Waals surface area contributed by atoms with Crippen LogP contribution in [0, 0.1) is 0 Å². The second-order valence-electron chi connectivity index (χ2n) is 1.74. The number of hydrogen-bond acceptors (Lipinski definition) is 0. The molecule has 0 bridgehead atoms. The largest absolute Gasteiger partial charge is 0.0925 e. The Balaban J connectivity index is 3.13. The quantitative estimate of drug-likeness (QED) is 0.470. The molecule has 1 heteroatoms. The van der Waals surface area contributed by atoms with E-state index in [1.54, 1.807) is 0 Å². The van der Waals surface area contributed by atoms with Crippen LogP contribution in [0.25, 0.3) is 0 Å². The summed E-state index contributed by atoms with van der Waals surface area (Å²) < 4.78 is 0. The lowest BCUT2D eigenvalue weighted by molar-refractivity contribution is 1.22. The molecule has 0 amide bonds. The summed E-state index contributed by atoms with van der Waals surface area (Å²) in [4.78, 5) is 0. The number of rotatable bonds is 4. The van der Waals surface area contributed by atoms with Crippen molar-refractivity contribution in [2.75, 3.05) is 5.33 Å². The maximum absolute atomic E-state index is 3.34. The molecule has 0 rings (SSSR count). The summed E-state index contributed by atoms with van der Waals surface area (Å²) in [5.74, 6) is 0. The van der Waals surface area contributed by atoms with Crippen LogP contribution in [0.2, 0.25) is 0 Å². The second-order valence-corrected chi connectivity index (χ2v) is 2.54. The highest BCUT2D eigenvalue weighted by Gasteiger charge is 1.69. The molecule has 0 aliphatic heterocycles. The highest BCUT2D eigenvalue weighted by Crippen LogP contribution is 1.89. The van der Waals surface area contributed by atoms with Gasteiger partial charge in [0.2, 0.25) is 0 Å². The molecular formula is C8H13Br. The molecule has 0 atom stereocenters. The average molecular weight is 189 g/mol. The van der Waals surface area contributed by atoms with Crippen molar-refractivity contribution < 1.29 is 0 Å². The molecule has 9 heavy (non-hydrogen) atoms. The van der Waals surface area contributed by atoms with Crippen molar-refractivity contribution in [2.45, 2.75) is 19.8 Å². The molecule has 0 aromatic heterocycles. The second kappa shape index (κ2) is 7.96. The minimum absolute atomic E-state index is 1.06. The van der Waals surface area contributed by atoms with Crippen LogP contribution in [0.15, 0.2) is 24.3 Å². The van der Waals surface area contributed by atoms with Gasteiger partial charge in [-0.3, -0.25) is 0 Å². The van der Waals surface area contributed by atoms with Gasteiger partial charge in [-0.05, 0) is 12.8 Å². The molecule has 0 aromatic rings. The molecule has 0 aromatic carbocycles. The normalized spacial score (nSPS) is 11.8. The van der Waals surface area contributed by atoms with Gasteiger partial charge in [0.15, 0.2) is 0 Å². The van der Waals surface area contributed by atoms with Crippen molar-refractivity contribution in [3.05, 3.63) is 24.3 Å². The molecule has 0 aliphatic rings. The predicted octanol–water partition coefficient (Wildman–Crippen LogP) is 3.29. The standard InChI is InChI=1S/C8H13Br/c1-2-3-4-5-6-7-8-9/h3-6H,2,7-8H2,1H3/b4-3+,6-5+. The van der Waals surface area contributed by atoms with Crippen molar-refractivity contribution in [3.8, 4) is 0 Å². The maximum atomic E-state index is 3.34. The van der Waals surface area contributed by atoms with E-state index < -0.39 is 0 Å².